The third kappa shape index (κ3) is 2.75. The molecule has 0 saturated heterocycles. The highest BCUT2D eigenvalue weighted by atomic mass is 16.5. The lowest BCUT2D eigenvalue weighted by Crippen LogP contribution is -2.22. The number of nitrogens with one attached hydrogen (secondary N) is 1. The number of fused-ring (bicyclic) bond motifs is 2. The van der Waals surface area contributed by atoms with E-state index in [2.05, 4.69) is 16.4 Å². The fourth-order valence-corrected chi connectivity index (χ4v) is 2.85. The maximum Gasteiger partial charge on any atom is 0.251 e. The van der Waals surface area contributed by atoms with Crippen LogP contribution < -0.4 is 10.1 Å². The van der Waals surface area contributed by atoms with E-state index in [-0.39, 0.29) is 5.91 Å². The lowest BCUT2D eigenvalue weighted by atomic mass is 10.1. The Morgan fingerprint density at radius 1 is 1.17 bits per heavy atom. The summed E-state index contributed by atoms with van der Waals surface area (Å²) < 4.78 is 5.50. The topological polar surface area (TPSA) is 51.2 Å². The molecule has 0 bridgehead atoms. The van der Waals surface area contributed by atoms with Crippen LogP contribution in [0.25, 0.3) is 10.9 Å². The van der Waals surface area contributed by atoms with Gasteiger partial charge in [-0.25, -0.2) is 0 Å². The maximum atomic E-state index is 12.3. The van der Waals surface area contributed by atoms with Gasteiger partial charge in [0.1, 0.15) is 5.75 Å². The van der Waals surface area contributed by atoms with Gasteiger partial charge in [-0.1, -0.05) is 18.2 Å². The molecule has 0 unspecified atom stereocenters. The van der Waals surface area contributed by atoms with Crippen molar-refractivity contribution in [3.8, 4) is 5.75 Å². The molecule has 4 heteroatoms. The number of aromatic nitrogens is 1. The van der Waals surface area contributed by atoms with E-state index in [0.29, 0.717) is 12.1 Å². The van der Waals surface area contributed by atoms with Gasteiger partial charge in [0.15, 0.2) is 0 Å². The van der Waals surface area contributed by atoms with Crippen LogP contribution in [0.4, 0.5) is 0 Å². The summed E-state index contributed by atoms with van der Waals surface area (Å²) in [6, 6.07) is 15.5. The van der Waals surface area contributed by atoms with E-state index < -0.39 is 0 Å². The molecule has 0 aliphatic carbocycles. The van der Waals surface area contributed by atoms with Crippen LogP contribution in [0.3, 0.4) is 0 Å². The third-order valence-electron chi connectivity index (χ3n) is 4.07. The van der Waals surface area contributed by atoms with Crippen molar-refractivity contribution in [1.82, 2.24) is 10.3 Å². The Labute approximate surface area is 134 Å². The fourth-order valence-electron chi connectivity index (χ4n) is 2.85. The molecular weight excluding hydrogens is 288 g/mol. The molecule has 0 saturated carbocycles. The summed E-state index contributed by atoms with van der Waals surface area (Å²) in [5, 5.41) is 3.94. The molecule has 3 aromatic rings. The second-order valence-corrected chi connectivity index (χ2v) is 5.63. The van der Waals surface area contributed by atoms with Crippen LogP contribution in [0.15, 0.2) is 54.7 Å². The number of pyridine rings is 1. The highest BCUT2D eigenvalue weighted by Crippen LogP contribution is 2.25. The SMILES string of the molecule is O=C(NCc1ccc2c(c1)CCO2)c1ccc2ncccc2c1. The first-order valence-electron chi connectivity index (χ1n) is 7.67. The van der Waals surface area contributed by atoms with Crippen LogP contribution >= 0.6 is 0 Å². The molecule has 0 fully saturated rings. The third-order valence-corrected chi connectivity index (χ3v) is 4.07. The lowest BCUT2D eigenvalue weighted by Gasteiger charge is -2.07. The van der Waals surface area contributed by atoms with Crippen molar-refractivity contribution in [3.63, 3.8) is 0 Å². The Hall–Kier alpha value is -2.88. The molecule has 1 amide bonds. The summed E-state index contributed by atoms with van der Waals surface area (Å²) in [5.41, 5.74) is 3.84. The predicted octanol–water partition coefficient (Wildman–Crippen LogP) is 3.10. The number of carbonyl (C=O) groups is 1. The smallest absolute Gasteiger partial charge is 0.251 e. The summed E-state index contributed by atoms with van der Waals surface area (Å²) in [5.74, 6) is 0.884. The molecule has 1 N–H and O–H groups in total. The molecule has 2 aromatic carbocycles. The minimum atomic E-state index is -0.0764. The average molecular weight is 304 g/mol. The Bertz CT molecular complexity index is 889. The molecule has 114 valence electrons. The van der Waals surface area contributed by atoms with Crippen LogP contribution in [0, 0.1) is 0 Å². The van der Waals surface area contributed by atoms with Crippen LogP contribution in [-0.2, 0) is 13.0 Å². The van der Waals surface area contributed by atoms with Gasteiger partial charge in [-0.15, -0.1) is 0 Å². The Morgan fingerprint density at radius 2 is 2.13 bits per heavy atom. The molecule has 0 spiro atoms. The number of ether oxygens (including phenoxy) is 1. The minimum absolute atomic E-state index is 0.0764. The zero-order chi connectivity index (χ0) is 15.6. The Morgan fingerprint density at radius 3 is 3.09 bits per heavy atom. The summed E-state index contributed by atoms with van der Waals surface area (Å²) in [6.07, 6.45) is 2.69. The van der Waals surface area contributed by atoms with E-state index in [9.17, 15) is 4.79 Å². The fraction of sp³-hybridized carbons (Fsp3) is 0.158. The molecule has 0 atom stereocenters. The standard InChI is InChI=1S/C19H16N2O2/c22-19(16-4-5-17-14(11-16)2-1-8-20-17)21-12-13-3-6-18-15(10-13)7-9-23-18/h1-6,8,10-11H,7,9,12H2,(H,21,22). The van der Waals surface area contributed by atoms with Crippen molar-refractivity contribution in [2.45, 2.75) is 13.0 Å². The predicted molar refractivity (Wildman–Crippen MR) is 88.6 cm³/mol. The van der Waals surface area contributed by atoms with Gasteiger partial charge in [-0.05, 0) is 41.5 Å². The molecule has 4 rings (SSSR count). The number of amides is 1. The first-order chi connectivity index (χ1) is 11.3. The molecule has 2 heterocycles. The average Bonchev–Trinajstić information content (AvgIpc) is 3.07. The first kappa shape index (κ1) is 13.8. The van der Waals surface area contributed by atoms with E-state index in [1.54, 1.807) is 12.3 Å². The molecule has 4 nitrogen and oxygen atoms in total. The summed E-state index contributed by atoms with van der Waals surface area (Å²) in [7, 11) is 0. The van der Waals surface area contributed by atoms with Crippen LogP contribution in [-0.4, -0.2) is 17.5 Å². The normalized spacial score (nSPS) is 12.7. The first-order valence-corrected chi connectivity index (χ1v) is 7.67. The van der Waals surface area contributed by atoms with Gasteiger partial charge in [0.25, 0.3) is 5.91 Å². The highest BCUT2D eigenvalue weighted by Gasteiger charge is 2.12. The van der Waals surface area contributed by atoms with E-state index >= 15 is 0 Å². The van der Waals surface area contributed by atoms with Gasteiger partial charge in [0.05, 0.1) is 12.1 Å². The van der Waals surface area contributed by atoms with Crippen LogP contribution in [0.2, 0.25) is 0 Å². The number of nitrogens with zero attached hydrogens (tertiary/aromatic N) is 1. The van der Waals surface area contributed by atoms with E-state index in [4.69, 9.17) is 4.74 Å². The van der Waals surface area contributed by atoms with Gasteiger partial charge in [0, 0.05) is 30.1 Å². The molecular formula is C19H16N2O2. The van der Waals surface area contributed by atoms with E-state index in [0.717, 1.165) is 35.2 Å². The highest BCUT2D eigenvalue weighted by molar-refractivity contribution is 5.97. The van der Waals surface area contributed by atoms with Crippen molar-refractivity contribution in [2.24, 2.45) is 0 Å². The number of rotatable bonds is 3. The minimum Gasteiger partial charge on any atom is -0.493 e. The second-order valence-electron chi connectivity index (χ2n) is 5.63. The monoisotopic (exact) mass is 304 g/mol. The molecule has 1 aliphatic heterocycles. The quantitative estimate of drug-likeness (QED) is 0.809. The van der Waals surface area contributed by atoms with E-state index in [1.807, 2.05) is 36.4 Å². The zero-order valence-electron chi connectivity index (χ0n) is 12.6. The van der Waals surface area contributed by atoms with Gasteiger partial charge >= 0.3 is 0 Å². The van der Waals surface area contributed by atoms with E-state index in [1.165, 1.54) is 5.56 Å². The lowest BCUT2D eigenvalue weighted by molar-refractivity contribution is 0.0951. The summed E-state index contributed by atoms with van der Waals surface area (Å²) >= 11 is 0. The number of benzene rings is 2. The number of carbonyl (C=O) groups excluding carboxylic acids is 1. The largest absolute Gasteiger partial charge is 0.493 e. The number of hydrogen-bond donors (Lipinski definition) is 1. The Balaban J connectivity index is 1.48. The molecule has 1 aliphatic rings. The zero-order valence-corrected chi connectivity index (χ0v) is 12.6. The van der Waals surface area contributed by atoms with Crippen molar-refractivity contribution in [1.29, 1.82) is 0 Å². The molecule has 0 radical (unpaired) electrons. The van der Waals surface area contributed by atoms with Gasteiger partial charge in [-0.3, -0.25) is 9.78 Å². The summed E-state index contributed by atoms with van der Waals surface area (Å²) in [4.78, 5) is 16.6. The van der Waals surface area contributed by atoms with Crippen molar-refractivity contribution in [3.05, 3.63) is 71.4 Å². The maximum absolute atomic E-state index is 12.3. The van der Waals surface area contributed by atoms with Crippen LogP contribution in [0.1, 0.15) is 21.5 Å². The Kier molecular flexibility index (Phi) is 3.42. The van der Waals surface area contributed by atoms with Crippen molar-refractivity contribution >= 4 is 16.8 Å². The van der Waals surface area contributed by atoms with Crippen molar-refractivity contribution < 1.29 is 9.53 Å². The molecule has 1 aromatic heterocycles. The van der Waals surface area contributed by atoms with Crippen LogP contribution in [0.5, 0.6) is 5.75 Å². The van der Waals surface area contributed by atoms with Gasteiger partial charge in [-0.2, -0.15) is 0 Å². The second kappa shape index (κ2) is 5.72. The molecule has 23 heavy (non-hydrogen) atoms. The van der Waals surface area contributed by atoms with Gasteiger partial charge < -0.3 is 10.1 Å². The summed E-state index contributed by atoms with van der Waals surface area (Å²) in [6.45, 7) is 1.26. The van der Waals surface area contributed by atoms with Gasteiger partial charge in [0.2, 0.25) is 0 Å². The number of hydrogen-bond acceptors (Lipinski definition) is 3. The van der Waals surface area contributed by atoms with Crippen molar-refractivity contribution in [2.75, 3.05) is 6.61 Å².